The Morgan fingerprint density at radius 3 is 3.38 bits per heavy atom. The van der Waals surface area contributed by atoms with Gasteiger partial charge in [-0.15, -0.1) is 0 Å². The van der Waals surface area contributed by atoms with Crippen LogP contribution in [0.15, 0.2) is 10.9 Å². The Morgan fingerprint density at radius 1 is 1.69 bits per heavy atom. The third kappa shape index (κ3) is 2.50. The fraction of sp³-hybridized carbons (Fsp3) is 0.750. The van der Waals surface area contributed by atoms with Crippen LogP contribution in [0.25, 0.3) is 0 Å². The first-order chi connectivity index (χ1) is 6.45. The van der Waals surface area contributed by atoms with Crippen LogP contribution in [0.1, 0.15) is 18.7 Å². The molecule has 0 radical (unpaired) electrons. The van der Waals surface area contributed by atoms with Gasteiger partial charge in [-0.2, -0.15) is 4.98 Å². The van der Waals surface area contributed by atoms with Crippen molar-refractivity contribution in [2.75, 3.05) is 13.1 Å². The highest BCUT2D eigenvalue weighted by Gasteiger charge is 2.12. The SMILES string of the molecule is c1nc(CNC2CCCNC2)no1. The van der Waals surface area contributed by atoms with Crippen LogP contribution >= 0.6 is 0 Å². The lowest BCUT2D eigenvalue weighted by molar-refractivity contribution is 0.374. The summed E-state index contributed by atoms with van der Waals surface area (Å²) in [6.07, 6.45) is 3.82. The van der Waals surface area contributed by atoms with Crippen molar-refractivity contribution in [2.45, 2.75) is 25.4 Å². The summed E-state index contributed by atoms with van der Waals surface area (Å²) >= 11 is 0. The van der Waals surface area contributed by atoms with Crippen molar-refractivity contribution in [1.82, 2.24) is 20.8 Å². The first-order valence-corrected chi connectivity index (χ1v) is 4.64. The second-order valence-electron chi connectivity index (χ2n) is 3.27. The maximum Gasteiger partial charge on any atom is 0.213 e. The minimum absolute atomic E-state index is 0.548. The molecule has 0 aromatic carbocycles. The molecule has 72 valence electrons. The second kappa shape index (κ2) is 4.34. The Balaban J connectivity index is 1.72. The molecule has 13 heavy (non-hydrogen) atoms. The summed E-state index contributed by atoms with van der Waals surface area (Å²) in [7, 11) is 0. The number of hydrogen-bond acceptors (Lipinski definition) is 5. The highest BCUT2D eigenvalue weighted by molar-refractivity contribution is 4.81. The van der Waals surface area contributed by atoms with E-state index in [0.717, 1.165) is 18.9 Å². The Hall–Kier alpha value is -0.940. The van der Waals surface area contributed by atoms with Gasteiger partial charge < -0.3 is 15.2 Å². The van der Waals surface area contributed by atoms with Gasteiger partial charge in [0.15, 0.2) is 5.82 Å². The van der Waals surface area contributed by atoms with Gasteiger partial charge in [0, 0.05) is 12.6 Å². The predicted octanol–water partition coefficient (Wildman–Crippen LogP) is -0.0888. The van der Waals surface area contributed by atoms with Crippen molar-refractivity contribution >= 4 is 0 Å². The molecular weight excluding hydrogens is 168 g/mol. The predicted molar refractivity (Wildman–Crippen MR) is 47.0 cm³/mol. The number of nitrogens with zero attached hydrogens (tertiary/aromatic N) is 2. The average molecular weight is 182 g/mol. The van der Waals surface area contributed by atoms with Gasteiger partial charge in [0.2, 0.25) is 6.39 Å². The molecule has 5 nitrogen and oxygen atoms in total. The van der Waals surface area contributed by atoms with E-state index in [1.54, 1.807) is 0 Å². The number of rotatable bonds is 3. The summed E-state index contributed by atoms with van der Waals surface area (Å²) in [6, 6.07) is 0.548. The number of piperidine rings is 1. The summed E-state index contributed by atoms with van der Waals surface area (Å²) in [6.45, 7) is 2.88. The van der Waals surface area contributed by atoms with Crippen molar-refractivity contribution in [3.8, 4) is 0 Å². The fourth-order valence-corrected chi connectivity index (χ4v) is 1.53. The number of nitrogens with one attached hydrogen (secondary N) is 2. The lowest BCUT2D eigenvalue weighted by atomic mass is 10.1. The van der Waals surface area contributed by atoms with Gasteiger partial charge in [0.25, 0.3) is 0 Å². The first-order valence-electron chi connectivity index (χ1n) is 4.64. The van der Waals surface area contributed by atoms with Gasteiger partial charge in [0.05, 0.1) is 6.54 Å². The molecule has 0 aliphatic carbocycles. The van der Waals surface area contributed by atoms with E-state index in [1.807, 2.05) is 0 Å². The molecule has 1 aromatic heterocycles. The average Bonchev–Trinajstić information content (AvgIpc) is 2.69. The van der Waals surface area contributed by atoms with E-state index in [1.165, 1.54) is 19.2 Å². The molecule has 1 atom stereocenters. The molecule has 1 aromatic rings. The van der Waals surface area contributed by atoms with Crippen LogP contribution in [0.2, 0.25) is 0 Å². The Bertz CT molecular complexity index is 230. The van der Waals surface area contributed by atoms with Gasteiger partial charge in [0.1, 0.15) is 0 Å². The molecule has 2 N–H and O–H groups in total. The van der Waals surface area contributed by atoms with Crippen LogP contribution in [-0.4, -0.2) is 29.3 Å². The van der Waals surface area contributed by atoms with Gasteiger partial charge in [-0.3, -0.25) is 0 Å². The summed E-state index contributed by atoms with van der Waals surface area (Å²) in [4.78, 5) is 3.94. The van der Waals surface area contributed by atoms with Crippen LogP contribution < -0.4 is 10.6 Å². The molecule has 0 spiro atoms. The van der Waals surface area contributed by atoms with Crippen molar-refractivity contribution < 1.29 is 4.52 Å². The van der Waals surface area contributed by atoms with Gasteiger partial charge in [-0.1, -0.05) is 5.16 Å². The van der Waals surface area contributed by atoms with Crippen molar-refractivity contribution in [2.24, 2.45) is 0 Å². The summed E-state index contributed by atoms with van der Waals surface area (Å²) in [5, 5.41) is 10.4. The lowest BCUT2D eigenvalue weighted by Gasteiger charge is -2.23. The van der Waals surface area contributed by atoms with Gasteiger partial charge >= 0.3 is 0 Å². The van der Waals surface area contributed by atoms with E-state index in [2.05, 4.69) is 25.3 Å². The van der Waals surface area contributed by atoms with Crippen molar-refractivity contribution in [1.29, 1.82) is 0 Å². The zero-order valence-electron chi connectivity index (χ0n) is 7.49. The van der Waals surface area contributed by atoms with Crippen molar-refractivity contribution in [3.05, 3.63) is 12.2 Å². The second-order valence-corrected chi connectivity index (χ2v) is 3.27. The molecule has 5 heteroatoms. The molecule has 1 aliphatic heterocycles. The van der Waals surface area contributed by atoms with Crippen LogP contribution in [0.4, 0.5) is 0 Å². The van der Waals surface area contributed by atoms with Crippen LogP contribution in [0, 0.1) is 0 Å². The third-order valence-electron chi connectivity index (χ3n) is 2.25. The maximum atomic E-state index is 4.64. The minimum Gasteiger partial charge on any atom is -0.343 e. The topological polar surface area (TPSA) is 63.0 Å². The Morgan fingerprint density at radius 2 is 2.69 bits per heavy atom. The van der Waals surface area contributed by atoms with E-state index < -0.39 is 0 Å². The molecule has 0 saturated carbocycles. The van der Waals surface area contributed by atoms with Crippen molar-refractivity contribution in [3.63, 3.8) is 0 Å². The summed E-state index contributed by atoms with van der Waals surface area (Å²) in [5.41, 5.74) is 0. The zero-order valence-corrected chi connectivity index (χ0v) is 7.49. The summed E-state index contributed by atoms with van der Waals surface area (Å²) < 4.78 is 4.64. The molecule has 0 bridgehead atoms. The van der Waals surface area contributed by atoms with E-state index in [9.17, 15) is 0 Å². The van der Waals surface area contributed by atoms with E-state index in [0.29, 0.717) is 12.6 Å². The van der Waals surface area contributed by atoms with Gasteiger partial charge in [-0.05, 0) is 19.4 Å². The number of aromatic nitrogens is 2. The molecule has 1 fully saturated rings. The minimum atomic E-state index is 0.548. The Labute approximate surface area is 76.9 Å². The normalized spacial score (nSPS) is 23.2. The van der Waals surface area contributed by atoms with Crippen LogP contribution in [0.5, 0.6) is 0 Å². The molecular formula is C8H14N4O. The fourth-order valence-electron chi connectivity index (χ4n) is 1.53. The number of hydrogen-bond donors (Lipinski definition) is 2. The molecule has 0 amide bonds. The highest BCUT2D eigenvalue weighted by atomic mass is 16.5. The molecule has 1 aliphatic rings. The first kappa shape index (κ1) is 8.65. The monoisotopic (exact) mass is 182 g/mol. The molecule has 1 saturated heterocycles. The molecule has 2 heterocycles. The van der Waals surface area contributed by atoms with E-state index >= 15 is 0 Å². The standard InChI is InChI=1S/C8H14N4O/c1-2-7(4-9-3-1)10-5-8-11-6-13-12-8/h6-7,9-10H,1-5H2. The maximum absolute atomic E-state index is 4.64. The highest BCUT2D eigenvalue weighted by Crippen LogP contribution is 2.01. The third-order valence-corrected chi connectivity index (χ3v) is 2.25. The largest absolute Gasteiger partial charge is 0.343 e. The van der Waals surface area contributed by atoms with E-state index in [-0.39, 0.29) is 0 Å². The van der Waals surface area contributed by atoms with Gasteiger partial charge in [-0.25, -0.2) is 0 Å². The zero-order chi connectivity index (χ0) is 8.93. The smallest absolute Gasteiger partial charge is 0.213 e. The molecule has 1 unspecified atom stereocenters. The lowest BCUT2D eigenvalue weighted by Crippen LogP contribution is -2.42. The molecule has 2 rings (SSSR count). The van der Waals surface area contributed by atoms with Crippen LogP contribution in [-0.2, 0) is 6.54 Å². The van der Waals surface area contributed by atoms with E-state index in [4.69, 9.17) is 0 Å². The van der Waals surface area contributed by atoms with Crippen LogP contribution in [0.3, 0.4) is 0 Å². The quantitative estimate of drug-likeness (QED) is 0.684. The summed E-state index contributed by atoms with van der Waals surface area (Å²) in [5.74, 6) is 0.727. The Kier molecular flexibility index (Phi) is 2.89.